The molecule has 1 rings (SSSR count). The fourth-order valence-electron chi connectivity index (χ4n) is 1.31. The average molecular weight is 195 g/mol. The van der Waals surface area contributed by atoms with Gasteiger partial charge in [0.05, 0.1) is 12.2 Å². The lowest BCUT2D eigenvalue weighted by molar-refractivity contribution is 0.0129. The van der Waals surface area contributed by atoms with Crippen molar-refractivity contribution in [2.24, 2.45) is 0 Å². The number of hydrogen-bond donors (Lipinski definition) is 2. The van der Waals surface area contributed by atoms with Crippen LogP contribution in [0.3, 0.4) is 0 Å². The van der Waals surface area contributed by atoms with Crippen molar-refractivity contribution in [2.75, 3.05) is 0 Å². The van der Waals surface area contributed by atoms with Crippen molar-refractivity contribution in [3.63, 3.8) is 0 Å². The maximum absolute atomic E-state index is 9.50. The standard InChI is InChI=1S/C11H17NO2/c1-2-10(13)11(14)7-6-9-5-3-4-8-12-9/h3-5,8,10-11,13-14H,2,6-7H2,1H3. The van der Waals surface area contributed by atoms with Gasteiger partial charge in [-0.1, -0.05) is 13.0 Å². The second kappa shape index (κ2) is 5.73. The predicted octanol–water partition coefficient (Wildman–Crippen LogP) is 1.15. The summed E-state index contributed by atoms with van der Waals surface area (Å²) in [5.74, 6) is 0. The van der Waals surface area contributed by atoms with Crippen LogP contribution in [0.5, 0.6) is 0 Å². The van der Waals surface area contributed by atoms with Gasteiger partial charge in [-0.15, -0.1) is 0 Å². The molecule has 1 heterocycles. The zero-order valence-electron chi connectivity index (χ0n) is 8.43. The second-order valence-corrected chi connectivity index (χ2v) is 3.40. The molecule has 0 radical (unpaired) electrons. The maximum Gasteiger partial charge on any atom is 0.0802 e. The van der Waals surface area contributed by atoms with Crippen LogP contribution in [0.4, 0.5) is 0 Å². The smallest absolute Gasteiger partial charge is 0.0802 e. The highest BCUT2D eigenvalue weighted by Crippen LogP contribution is 2.07. The quantitative estimate of drug-likeness (QED) is 0.741. The van der Waals surface area contributed by atoms with Crippen LogP contribution in [0.1, 0.15) is 25.5 Å². The molecule has 0 aliphatic rings. The van der Waals surface area contributed by atoms with Crippen molar-refractivity contribution >= 4 is 0 Å². The highest BCUT2D eigenvalue weighted by molar-refractivity contribution is 5.03. The number of aliphatic hydroxyl groups excluding tert-OH is 2. The van der Waals surface area contributed by atoms with E-state index in [2.05, 4.69) is 4.98 Å². The zero-order valence-corrected chi connectivity index (χ0v) is 8.43. The number of aryl methyl sites for hydroxylation is 1. The molecule has 0 aliphatic carbocycles. The van der Waals surface area contributed by atoms with Crippen molar-refractivity contribution in [3.8, 4) is 0 Å². The van der Waals surface area contributed by atoms with Gasteiger partial charge >= 0.3 is 0 Å². The number of hydrogen-bond acceptors (Lipinski definition) is 3. The molecule has 1 aromatic rings. The average Bonchev–Trinajstić information content (AvgIpc) is 2.26. The Balaban J connectivity index is 2.34. The first-order chi connectivity index (χ1) is 6.74. The molecular formula is C11H17NO2. The highest BCUT2D eigenvalue weighted by Gasteiger charge is 2.13. The van der Waals surface area contributed by atoms with Gasteiger partial charge in [0, 0.05) is 11.9 Å². The van der Waals surface area contributed by atoms with Gasteiger partial charge < -0.3 is 10.2 Å². The van der Waals surface area contributed by atoms with E-state index in [0.29, 0.717) is 19.3 Å². The molecule has 0 saturated carbocycles. The lowest BCUT2D eigenvalue weighted by atomic mass is 10.1. The largest absolute Gasteiger partial charge is 0.390 e. The van der Waals surface area contributed by atoms with E-state index in [-0.39, 0.29) is 0 Å². The van der Waals surface area contributed by atoms with Crippen molar-refractivity contribution in [3.05, 3.63) is 30.1 Å². The molecule has 3 nitrogen and oxygen atoms in total. The van der Waals surface area contributed by atoms with Crippen molar-refractivity contribution in [1.82, 2.24) is 4.98 Å². The van der Waals surface area contributed by atoms with E-state index in [4.69, 9.17) is 0 Å². The molecule has 0 bridgehead atoms. The molecule has 0 fully saturated rings. The Morgan fingerprint density at radius 3 is 2.64 bits per heavy atom. The Hall–Kier alpha value is -0.930. The molecule has 0 spiro atoms. The van der Waals surface area contributed by atoms with Gasteiger partial charge in [0.25, 0.3) is 0 Å². The Bertz CT molecular complexity index is 251. The van der Waals surface area contributed by atoms with E-state index >= 15 is 0 Å². The van der Waals surface area contributed by atoms with Crippen LogP contribution in [0.15, 0.2) is 24.4 Å². The summed E-state index contributed by atoms with van der Waals surface area (Å²) in [6.45, 7) is 1.86. The van der Waals surface area contributed by atoms with Crippen LogP contribution in [0.25, 0.3) is 0 Å². The third-order valence-corrected chi connectivity index (χ3v) is 2.28. The first-order valence-corrected chi connectivity index (χ1v) is 5.00. The summed E-state index contributed by atoms with van der Waals surface area (Å²) >= 11 is 0. The van der Waals surface area contributed by atoms with Gasteiger partial charge in [-0.3, -0.25) is 4.98 Å². The Morgan fingerprint density at radius 2 is 2.07 bits per heavy atom. The first kappa shape index (κ1) is 11.1. The third-order valence-electron chi connectivity index (χ3n) is 2.28. The summed E-state index contributed by atoms with van der Waals surface area (Å²) in [6.07, 6.45) is 2.34. The van der Waals surface area contributed by atoms with Crippen molar-refractivity contribution < 1.29 is 10.2 Å². The second-order valence-electron chi connectivity index (χ2n) is 3.40. The number of rotatable bonds is 5. The van der Waals surface area contributed by atoms with E-state index in [1.54, 1.807) is 6.20 Å². The lowest BCUT2D eigenvalue weighted by Gasteiger charge is -2.15. The zero-order chi connectivity index (χ0) is 10.4. The minimum absolute atomic E-state index is 0.562. The molecule has 0 saturated heterocycles. The Kier molecular flexibility index (Phi) is 4.56. The molecular weight excluding hydrogens is 178 g/mol. The van der Waals surface area contributed by atoms with Gasteiger partial charge in [-0.05, 0) is 31.4 Å². The maximum atomic E-state index is 9.50. The van der Waals surface area contributed by atoms with Gasteiger partial charge in [0.2, 0.25) is 0 Å². The molecule has 0 amide bonds. The molecule has 0 aromatic carbocycles. The molecule has 14 heavy (non-hydrogen) atoms. The van der Waals surface area contributed by atoms with Gasteiger partial charge in [-0.2, -0.15) is 0 Å². The monoisotopic (exact) mass is 195 g/mol. The third kappa shape index (κ3) is 3.44. The van der Waals surface area contributed by atoms with E-state index in [1.807, 2.05) is 25.1 Å². The number of aliphatic hydroxyl groups is 2. The number of aromatic nitrogens is 1. The van der Waals surface area contributed by atoms with Crippen LogP contribution >= 0.6 is 0 Å². The Morgan fingerprint density at radius 1 is 1.29 bits per heavy atom. The molecule has 2 atom stereocenters. The summed E-state index contributed by atoms with van der Waals surface area (Å²) in [5, 5.41) is 18.8. The summed E-state index contributed by atoms with van der Waals surface area (Å²) < 4.78 is 0. The minimum Gasteiger partial charge on any atom is -0.390 e. The normalized spacial score (nSPS) is 15.1. The van der Waals surface area contributed by atoms with Gasteiger partial charge in [-0.25, -0.2) is 0 Å². The van der Waals surface area contributed by atoms with E-state index < -0.39 is 12.2 Å². The topological polar surface area (TPSA) is 53.4 Å². The molecule has 0 aliphatic heterocycles. The molecule has 2 unspecified atom stereocenters. The minimum atomic E-state index is -0.637. The molecule has 1 aromatic heterocycles. The summed E-state index contributed by atoms with van der Waals surface area (Å²) in [4.78, 5) is 4.14. The fraction of sp³-hybridized carbons (Fsp3) is 0.545. The lowest BCUT2D eigenvalue weighted by Crippen LogP contribution is -2.25. The van der Waals surface area contributed by atoms with Crippen LogP contribution in [0.2, 0.25) is 0 Å². The summed E-state index contributed by atoms with van der Waals surface area (Å²) in [5.41, 5.74) is 0.954. The predicted molar refractivity (Wildman–Crippen MR) is 54.9 cm³/mol. The highest BCUT2D eigenvalue weighted by atomic mass is 16.3. The number of nitrogens with zero attached hydrogens (tertiary/aromatic N) is 1. The summed E-state index contributed by atoms with van der Waals surface area (Å²) in [7, 11) is 0. The van der Waals surface area contributed by atoms with E-state index in [9.17, 15) is 10.2 Å². The van der Waals surface area contributed by atoms with Gasteiger partial charge in [0.15, 0.2) is 0 Å². The van der Waals surface area contributed by atoms with E-state index in [1.165, 1.54) is 0 Å². The van der Waals surface area contributed by atoms with Crippen molar-refractivity contribution in [1.29, 1.82) is 0 Å². The first-order valence-electron chi connectivity index (χ1n) is 5.00. The molecule has 3 heteroatoms. The number of pyridine rings is 1. The summed E-state index contributed by atoms with van der Waals surface area (Å²) in [6, 6.07) is 5.71. The van der Waals surface area contributed by atoms with Crippen LogP contribution in [-0.2, 0) is 6.42 Å². The fourth-order valence-corrected chi connectivity index (χ4v) is 1.31. The van der Waals surface area contributed by atoms with Crippen LogP contribution in [0, 0.1) is 0 Å². The Labute approximate surface area is 84.4 Å². The van der Waals surface area contributed by atoms with Crippen molar-refractivity contribution in [2.45, 2.75) is 38.4 Å². The SMILES string of the molecule is CCC(O)C(O)CCc1ccccn1. The van der Waals surface area contributed by atoms with Crippen LogP contribution < -0.4 is 0 Å². The van der Waals surface area contributed by atoms with E-state index in [0.717, 1.165) is 5.69 Å². The molecule has 2 N–H and O–H groups in total. The van der Waals surface area contributed by atoms with Gasteiger partial charge in [0.1, 0.15) is 0 Å². The van der Waals surface area contributed by atoms with Crippen LogP contribution in [-0.4, -0.2) is 27.4 Å². The molecule has 78 valence electrons.